The van der Waals surface area contributed by atoms with E-state index >= 15 is 0 Å². The molecule has 21 heavy (non-hydrogen) atoms. The molecule has 1 aromatic carbocycles. The Kier molecular flexibility index (Phi) is 5.85. The lowest BCUT2D eigenvalue weighted by Crippen LogP contribution is -2.37. The predicted molar refractivity (Wildman–Crippen MR) is 84.8 cm³/mol. The summed E-state index contributed by atoms with van der Waals surface area (Å²) in [5, 5.41) is 0.404. The van der Waals surface area contributed by atoms with Crippen molar-refractivity contribution in [1.82, 2.24) is 0 Å². The van der Waals surface area contributed by atoms with Gasteiger partial charge >= 0.3 is 0 Å². The number of nitrogens with zero attached hydrogens (tertiary/aromatic N) is 1. The number of carbonyl (C=O) groups is 1. The summed E-state index contributed by atoms with van der Waals surface area (Å²) in [6, 6.07) is 5.38. The van der Waals surface area contributed by atoms with E-state index in [1.807, 2.05) is 6.07 Å². The molecule has 5 nitrogen and oxygen atoms in total. The van der Waals surface area contributed by atoms with Gasteiger partial charge in [-0.15, -0.1) is 0 Å². The Bertz CT molecular complexity index is 488. The number of ether oxygens (including phenoxy) is 1. The maximum atomic E-state index is 11.2. The summed E-state index contributed by atoms with van der Waals surface area (Å²) in [5.74, 6) is -0.501. The molecule has 0 aliphatic carbocycles. The Morgan fingerprint density at radius 1 is 1.38 bits per heavy atom. The summed E-state index contributed by atoms with van der Waals surface area (Å²) in [7, 11) is 0. The van der Waals surface area contributed by atoms with Gasteiger partial charge in [-0.25, -0.2) is 0 Å². The Balaban J connectivity index is 1.90. The molecule has 1 saturated heterocycles. The van der Waals surface area contributed by atoms with Gasteiger partial charge in [0.2, 0.25) is 5.91 Å². The summed E-state index contributed by atoms with van der Waals surface area (Å²) in [6.07, 6.45) is 3.19. The zero-order valence-corrected chi connectivity index (χ0v) is 12.8. The molecule has 116 valence electrons. The molecular weight excluding hydrogens is 290 g/mol. The molecule has 1 aromatic rings. The van der Waals surface area contributed by atoms with Crippen LogP contribution in [0.3, 0.4) is 0 Å². The summed E-state index contributed by atoms with van der Waals surface area (Å²) in [6.45, 7) is 3.24. The quantitative estimate of drug-likeness (QED) is 0.785. The number of primary amides is 1. The van der Waals surface area contributed by atoms with Gasteiger partial charge in [0.05, 0.1) is 16.7 Å². The molecule has 0 atom stereocenters. The van der Waals surface area contributed by atoms with E-state index in [-0.39, 0.29) is 0 Å². The van der Waals surface area contributed by atoms with Crippen molar-refractivity contribution < 1.29 is 9.53 Å². The van der Waals surface area contributed by atoms with E-state index in [1.54, 1.807) is 12.1 Å². The third kappa shape index (κ3) is 4.33. The van der Waals surface area contributed by atoms with Crippen molar-refractivity contribution in [3.05, 3.63) is 28.8 Å². The van der Waals surface area contributed by atoms with Crippen molar-refractivity contribution in [1.29, 1.82) is 0 Å². The molecule has 1 aliphatic rings. The first-order valence-electron chi connectivity index (χ1n) is 7.27. The fourth-order valence-corrected chi connectivity index (χ4v) is 2.78. The molecule has 0 unspecified atom stereocenters. The molecule has 0 bridgehead atoms. The second-order valence-corrected chi connectivity index (χ2v) is 5.64. The van der Waals surface area contributed by atoms with Gasteiger partial charge in [0, 0.05) is 25.4 Å². The molecule has 0 radical (unpaired) electrons. The van der Waals surface area contributed by atoms with Gasteiger partial charge in [0.1, 0.15) is 0 Å². The van der Waals surface area contributed by atoms with Crippen LogP contribution in [0.1, 0.15) is 29.6 Å². The van der Waals surface area contributed by atoms with E-state index in [9.17, 15) is 4.79 Å². The van der Waals surface area contributed by atoms with Gasteiger partial charge in [-0.1, -0.05) is 11.6 Å². The second kappa shape index (κ2) is 7.64. The molecule has 6 heteroatoms. The number of carbonyl (C=O) groups excluding carboxylic acids is 1. The molecule has 0 saturated carbocycles. The summed E-state index contributed by atoms with van der Waals surface area (Å²) < 4.78 is 5.79. The summed E-state index contributed by atoms with van der Waals surface area (Å²) in [4.78, 5) is 13.4. The van der Waals surface area contributed by atoms with Crippen molar-refractivity contribution in [2.45, 2.75) is 25.4 Å². The molecule has 2 rings (SSSR count). The Hall–Kier alpha value is -1.30. The summed E-state index contributed by atoms with van der Waals surface area (Å²) in [5.41, 5.74) is 12.1. The molecule has 1 heterocycles. The highest BCUT2D eigenvalue weighted by Gasteiger charge is 2.20. The average Bonchev–Trinajstić information content (AvgIpc) is 2.48. The van der Waals surface area contributed by atoms with E-state index in [0.717, 1.165) is 44.6 Å². The highest BCUT2D eigenvalue weighted by Crippen LogP contribution is 2.26. The highest BCUT2D eigenvalue weighted by atomic mass is 35.5. The van der Waals surface area contributed by atoms with E-state index in [0.29, 0.717) is 23.2 Å². The summed E-state index contributed by atoms with van der Waals surface area (Å²) >= 11 is 6.09. The average molecular weight is 312 g/mol. The third-order valence-electron chi connectivity index (χ3n) is 3.73. The van der Waals surface area contributed by atoms with E-state index in [1.165, 1.54) is 0 Å². The number of nitrogens with two attached hydrogens (primary N) is 2. The number of amides is 1. The van der Waals surface area contributed by atoms with E-state index in [2.05, 4.69) is 4.90 Å². The smallest absolute Gasteiger partial charge is 0.250 e. The van der Waals surface area contributed by atoms with Gasteiger partial charge < -0.3 is 21.1 Å². The topological polar surface area (TPSA) is 81.6 Å². The van der Waals surface area contributed by atoms with Gasteiger partial charge in [-0.2, -0.15) is 0 Å². The number of anilines is 1. The van der Waals surface area contributed by atoms with Crippen LogP contribution in [0.25, 0.3) is 0 Å². The SMILES string of the molecule is NCCCOC1CCN(c2ccc(C(N)=O)c(Cl)c2)CC1. The maximum Gasteiger partial charge on any atom is 0.250 e. The van der Waals surface area contributed by atoms with Crippen LogP contribution in [0.15, 0.2) is 18.2 Å². The van der Waals surface area contributed by atoms with Crippen molar-refractivity contribution >= 4 is 23.2 Å². The number of piperidine rings is 1. The van der Waals surface area contributed by atoms with Crippen molar-refractivity contribution in [2.24, 2.45) is 11.5 Å². The van der Waals surface area contributed by atoms with Crippen LogP contribution in [-0.2, 0) is 4.74 Å². The lowest BCUT2D eigenvalue weighted by atomic mass is 10.1. The number of halogens is 1. The van der Waals surface area contributed by atoms with Crippen molar-refractivity contribution in [3.63, 3.8) is 0 Å². The lowest BCUT2D eigenvalue weighted by Gasteiger charge is -2.33. The van der Waals surface area contributed by atoms with Crippen LogP contribution in [0.2, 0.25) is 5.02 Å². The van der Waals surface area contributed by atoms with Crippen LogP contribution < -0.4 is 16.4 Å². The van der Waals surface area contributed by atoms with Crippen LogP contribution >= 0.6 is 11.6 Å². The fourth-order valence-electron chi connectivity index (χ4n) is 2.51. The van der Waals surface area contributed by atoms with Gasteiger partial charge in [0.15, 0.2) is 0 Å². The molecule has 1 amide bonds. The number of hydrogen-bond donors (Lipinski definition) is 2. The molecule has 4 N–H and O–H groups in total. The van der Waals surface area contributed by atoms with Gasteiger partial charge in [-0.05, 0) is 44.0 Å². The zero-order chi connectivity index (χ0) is 15.2. The van der Waals surface area contributed by atoms with Crippen molar-refractivity contribution in [2.75, 3.05) is 31.1 Å². The van der Waals surface area contributed by atoms with Gasteiger partial charge in [0.25, 0.3) is 0 Å². The highest BCUT2D eigenvalue weighted by molar-refractivity contribution is 6.34. The van der Waals surface area contributed by atoms with Crippen molar-refractivity contribution in [3.8, 4) is 0 Å². The molecule has 1 fully saturated rings. The monoisotopic (exact) mass is 311 g/mol. The number of benzene rings is 1. The van der Waals surface area contributed by atoms with Gasteiger partial charge in [-0.3, -0.25) is 4.79 Å². The second-order valence-electron chi connectivity index (χ2n) is 5.23. The van der Waals surface area contributed by atoms with Crippen LogP contribution in [0.5, 0.6) is 0 Å². The minimum Gasteiger partial charge on any atom is -0.378 e. The molecule has 0 aromatic heterocycles. The fraction of sp³-hybridized carbons (Fsp3) is 0.533. The molecule has 0 spiro atoms. The first kappa shape index (κ1) is 16.1. The first-order chi connectivity index (χ1) is 10.1. The van der Waals surface area contributed by atoms with Crippen LogP contribution in [0.4, 0.5) is 5.69 Å². The number of rotatable bonds is 6. The molecular formula is C15H22ClN3O2. The molecule has 1 aliphatic heterocycles. The third-order valence-corrected chi connectivity index (χ3v) is 4.04. The van der Waals surface area contributed by atoms with E-state index < -0.39 is 5.91 Å². The Labute approximate surface area is 130 Å². The standard InChI is InChI=1S/C15H22ClN3O2/c16-14-10-11(2-3-13(14)15(18)20)19-7-4-12(5-8-19)21-9-1-6-17/h2-3,10,12H,1,4-9,17H2,(H2,18,20). The lowest BCUT2D eigenvalue weighted by molar-refractivity contribution is 0.0366. The first-order valence-corrected chi connectivity index (χ1v) is 7.65. The minimum absolute atomic E-state index is 0.313. The maximum absolute atomic E-state index is 11.2. The minimum atomic E-state index is -0.501. The number of hydrogen-bond acceptors (Lipinski definition) is 4. The van der Waals surface area contributed by atoms with Crippen LogP contribution in [0, 0.1) is 0 Å². The van der Waals surface area contributed by atoms with Crippen LogP contribution in [-0.4, -0.2) is 38.3 Å². The normalized spacial score (nSPS) is 16.2. The Morgan fingerprint density at radius 2 is 2.10 bits per heavy atom. The predicted octanol–water partition coefficient (Wildman–Crippen LogP) is 1.77. The largest absolute Gasteiger partial charge is 0.378 e. The Morgan fingerprint density at radius 3 is 2.67 bits per heavy atom. The van der Waals surface area contributed by atoms with E-state index in [4.69, 9.17) is 27.8 Å². The zero-order valence-electron chi connectivity index (χ0n) is 12.1.